The van der Waals surface area contributed by atoms with Crippen LogP contribution in [0.4, 0.5) is 5.69 Å². The van der Waals surface area contributed by atoms with Crippen LogP contribution < -0.4 is 15.8 Å². The first-order valence-corrected chi connectivity index (χ1v) is 16.5. The van der Waals surface area contributed by atoms with Gasteiger partial charge in [0.15, 0.2) is 0 Å². The van der Waals surface area contributed by atoms with Gasteiger partial charge in [-0.3, -0.25) is 9.79 Å². The van der Waals surface area contributed by atoms with E-state index < -0.39 is 5.41 Å². The zero-order chi connectivity index (χ0) is 32.4. The number of rotatable bonds is 11. The molecule has 0 aliphatic heterocycles. The minimum absolute atomic E-state index is 0.0671. The highest BCUT2D eigenvalue weighted by molar-refractivity contribution is 8.00. The molecular formula is C33H49Cl2N4OPS. The van der Waals surface area contributed by atoms with Crippen LogP contribution >= 0.6 is 44.4 Å². The van der Waals surface area contributed by atoms with Crippen molar-refractivity contribution < 1.29 is 4.79 Å². The minimum atomic E-state index is -0.443. The topological polar surface area (TPSA) is 70.7 Å². The third-order valence-corrected chi connectivity index (χ3v) is 9.54. The maximum atomic E-state index is 12.9. The van der Waals surface area contributed by atoms with Gasteiger partial charge in [0.25, 0.3) is 0 Å². The van der Waals surface area contributed by atoms with Gasteiger partial charge < -0.3 is 15.4 Å². The van der Waals surface area contributed by atoms with E-state index in [9.17, 15) is 4.79 Å². The number of anilines is 1. The monoisotopic (exact) mass is 650 g/mol. The van der Waals surface area contributed by atoms with Crippen molar-refractivity contribution >= 4 is 72.7 Å². The van der Waals surface area contributed by atoms with Gasteiger partial charge in [0.2, 0.25) is 5.91 Å². The Bertz CT molecular complexity index is 1340. The molecule has 0 fully saturated rings. The van der Waals surface area contributed by atoms with Gasteiger partial charge in [-0.2, -0.15) is 0 Å². The molecule has 0 radical (unpaired) electrons. The first kappa shape index (κ1) is 38.0. The van der Waals surface area contributed by atoms with Crippen molar-refractivity contribution in [2.24, 2.45) is 22.1 Å². The van der Waals surface area contributed by atoms with Gasteiger partial charge in [0, 0.05) is 46.9 Å². The van der Waals surface area contributed by atoms with E-state index in [0.717, 1.165) is 44.6 Å². The van der Waals surface area contributed by atoms with Crippen LogP contribution in [-0.4, -0.2) is 30.7 Å². The summed E-state index contributed by atoms with van der Waals surface area (Å²) >= 11 is 14.7. The van der Waals surface area contributed by atoms with E-state index >= 15 is 0 Å². The van der Waals surface area contributed by atoms with E-state index in [-0.39, 0.29) is 5.91 Å². The molecule has 2 aromatic carbocycles. The molecule has 0 saturated carbocycles. The minimum Gasteiger partial charge on any atom is -0.383 e. The summed E-state index contributed by atoms with van der Waals surface area (Å²) in [5.74, 6) is 0.898. The Morgan fingerprint density at radius 1 is 1.24 bits per heavy atom. The predicted molar refractivity (Wildman–Crippen MR) is 192 cm³/mol. The second-order valence-electron chi connectivity index (χ2n) is 10.8. The number of halogens is 2. The lowest BCUT2D eigenvalue weighted by Gasteiger charge is -2.29. The van der Waals surface area contributed by atoms with Crippen LogP contribution in [0.2, 0.25) is 10.0 Å². The highest BCUT2D eigenvalue weighted by Gasteiger charge is 2.29. The number of carbonyl (C=O) groups is 1. The molecule has 1 atom stereocenters. The fourth-order valence-corrected chi connectivity index (χ4v) is 6.11. The van der Waals surface area contributed by atoms with Crippen LogP contribution in [0.5, 0.6) is 0 Å². The number of nitrogens with one attached hydrogen (secondary N) is 1. The number of hydrogen-bond donors (Lipinski definition) is 2. The average Bonchev–Trinajstić information content (AvgIpc) is 2.97. The Labute approximate surface area is 271 Å². The Morgan fingerprint density at radius 2 is 1.86 bits per heavy atom. The van der Waals surface area contributed by atoms with Gasteiger partial charge in [0.05, 0.1) is 10.7 Å². The average molecular weight is 652 g/mol. The number of amidine groups is 1. The second kappa shape index (κ2) is 17.3. The van der Waals surface area contributed by atoms with Gasteiger partial charge in [-0.25, -0.2) is 0 Å². The smallest absolute Gasteiger partial charge is 0.228 e. The standard InChI is InChI=1S/C31H43Cl2N4OPS.C2H6/c1-10-22(26(29(34)35-8)19(5)18(3)4)23-13-12-14-24(28(23)39)36-40-25-16-21(32)15-20(27(25)33)17-37(9)30(38)31(6,7)11-2;1-2/h10,12-16,18,36H,11,17,39H2,1-9H3,(H2,34,35);1-2H3/b22-10-,26-19+;. The molecular weight excluding hydrogens is 602 g/mol. The van der Waals surface area contributed by atoms with Crippen LogP contribution in [0.3, 0.4) is 0 Å². The van der Waals surface area contributed by atoms with Crippen molar-refractivity contribution in [2.45, 2.75) is 80.2 Å². The zero-order valence-electron chi connectivity index (χ0n) is 27.1. The molecule has 0 bridgehead atoms. The Kier molecular flexibility index (Phi) is 15.7. The van der Waals surface area contributed by atoms with Crippen LogP contribution in [0.25, 0.3) is 5.57 Å². The number of allylic oxidation sites excluding steroid dienone is 2. The molecule has 0 spiro atoms. The molecule has 2 rings (SSSR count). The largest absolute Gasteiger partial charge is 0.383 e. The Balaban J connectivity index is 0.00000431. The predicted octanol–water partition coefficient (Wildman–Crippen LogP) is 9.40. The fraction of sp³-hybridized carbons (Fsp3) is 0.455. The molecule has 0 aromatic heterocycles. The summed E-state index contributed by atoms with van der Waals surface area (Å²) in [6, 6.07) is 9.76. The number of nitrogens with zero attached hydrogens (tertiary/aromatic N) is 2. The highest BCUT2D eigenvalue weighted by Crippen LogP contribution is 2.36. The first-order valence-electron chi connectivity index (χ1n) is 14.3. The molecule has 1 unspecified atom stereocenters. The third kappa shape index (κ3) is 9.51. The van der Waals surface area contributed by atoms with Crippen LogP contribution in [0.1, 0.15) is 79.9 Å². The Morgan fingerprint density at radius 3 is 2.38 bits per heavy atom. The molecule has 232 valence electrons. The molecule has 0 aliphatic carbocycles. The fourth-order valence-electron chi connectivity index (χ4n) is 4.19. The normalized spacial score (nSPS) is 12.9. The van der Waals surface area contributed by atoms with E-state index in [4.69, 9.17) is 28.9 Å². The maximum Gasteiger partial charge on any atom is 0.228 e. The van der Waals surface area contributed by atoms with E-state index in [0.29, 0.717) is 28.3 Å². The van der Waals surface area contributed by atoms with Gasteiger partial charge in [-0.1, -0.05) is 95.4 Å². The summed E-state index contributed by atoms with van der Waals surface area (Å²) in [5, 5.41) is 2.12. The molecule has 0 saturated heterocycles. The zero-order valence-corrected chi connectivity index (χ0v) is 30.6. The molecule has 1 amide bonds. The number of hydrogen-bond acceptors (Lipinski definition) is 4. The van der Waals surface area contributed by atoms with E-state index in [1.807, 2.05) is 65.8 Å². The molecule has 0 aliphatic rings. The van der Waals surface area contributed by atoms with Crippen LogP contribution in [-0.2, 0) is 11.3 Å². The van der Waals surface area contributed by atoms with Crippen LogP contribution in [0.15, 0.2) is 57.4 Å². The molecule has 5 nitrogen and oxygen atoms in total. The quantitative estimate of drug-likeness (QED) is 0.0835. The summed E-state index contributed by atoms with van der Waals surface area (Å²) in [6.45, 7) is 18.7. The van der Waals surface area contributed by atoms with E-state index in [1.54, 1.807) is 19.0 Å². The lowest BCUT2D eigenvalue weighted by atomic mass is 9.88. The van der Waals surface area contributed by atoms with Crippen molar-refractivity contribution in [3.8, 4) is 0 Å². The lowest BCUT2D eigenvalue weighted by Crippen LogP contribution is -2.37. The second-order valence-corrected chi connectivity index (χ2v) is 13.0. The number of nitrogens with two attached hydrogens (primary N) is 1. The maximum absolute atomic E-state index is 12.9. The van der Waals surface area contributed by atoms with Crippen molar-refractivity contribution in [3.63, 3.8) is 0 Å². The summed E-state index contributed by atoms with van der Waals surface area (Å²) < 4.78 is 3.45. The van der Waals surface area contributed by atoms with Gasteiger partial charge in [-0.15, -0.1) is 9.24 Å². The molecule has 2 aromatic rings. The van der Waals surface area contributed by atoms with Crippen molar-refractivity contribution in [1.82, 2.24) is 4.90 Å². The number of carbonyl (C=O) groups excluding carboxylic acids is 1. The molecule has 9 heteroatoms. The molecule has 3 N–H and O–H groups in total. The summed E-state index contributed by atoms with van der Waals surface area (Å²) in [6.07, 6.45) is 2.83. The highest BCUT2D eigenvalue weighted by atomic mass is 35.5. The van der Waals surface area contributed by atoms with Gasteiger partial charge >= 0.3 is 0 Å². The summed E-state index contributed by atoms with van der Waals surface area (Å²) in [5.41, 5.74) is 11.9. The van der Waals surface area contributed by atoms with Gasteiger partial charge in [0.1, 0.15) is 5.84 Å². The van der Waals surface area contributed by atoms with E-state index in [2.05, 4.69) is 51.9 Å². The Hall–Kier alpha value is -1.98. The lowest BCUT2D eigenvalue weighted by molar-refractivity contribution is -0.139. The summed E-state index contributed by atoms with van der Waals surface area (Å²) in [7, 11) is 6.37. The molecule has 42 heavy (non-hydrogen) atoms. The number of benzene rings is 2. The van der Waals surface area contributed by atoms with E-state index in [1.165, 1.54) is 17.5 Å². The summed E-state index contributed by atoms with van der Waals surface area (Å²) in [4.78, 5) is 19.7. The third-order valence-electron chi connectivity index (χ3n) is 7.28. The van der Waals surface area contributed by atoms with Crippen molar-refractivity contribution in [3.05, 3.63) is 68.7 Å². The first-order chi connectivity index (χ1) is 19.7. The number of aliphatic imine (C=N–C) groups is 1. The van der Waals surface area contributed by atoms with Gasteiger partial charge in [-0.05, 0) is 73.0 Å². The van der Waals surface area contributed by atoms with Crippen molar-refractivity contribution in [1.29, 1.82) is 0 Å². The SMILES string of the molecule is C/C=C(\C(C(N)=NC)=C(\C)C(C)C)c1cccc(NSc2cc(Cl)cc(CN(C)C(=O)C(C)(C)CC)c2Cl)c1P.CC. The van der Waals surface area contributed by atoms with Crippen LogP contribution in [0, 0.1) is 11.3 Å². The van der Waals surface area contributed by atoms with Crippen molar-refractivity contribution in [2.75, 3.05) is 18.8 Å². The molecule has 0 heterocycles. The number of amides is 1.